The number of ketones is 1. The Kier molecular flexibility index (Phi) is 6.55. The van der Waals surface area contributed by atoms with Gasteiger partial charge in [0.15, 0.2) is 0 Å². The van der Waals surface area contributed by atoms with Crippen molar-refractivity contribution < 1.29 is 33.7 Å². The molecule has 1 fully saturated rings. The van der Waals surface area contributed by atoms with Crippen molar-refractivity contribution in [2.24, 2.45) is 0 Å². The third-order valence-corrected chi connectivity index (χ3v) is 5.81. The molecular weight excluding hydrogens is 450 g/mol. The van der Waals surface area contributed by atoms with Gasteiger partial charge in [-0.15, -0.1) is 0 Å². The highest BCUT2D eigenvalue weighted by molar-refractivity contribution is 6.51. The maximum absolute atomic E-state index is 13.3. The molecule has 35 heavy (non-hydrogen) atoms. The molecular formula is C27H23NO7. The van der Waals surface area contributed by atoms with Crippen LogP contribution in [-0.4, -0.2) is 44.1 Å². The van der Waals surface area contributed by atoms with Crippen molar-refractivity contribution in [3.63, 3.8) is 0 Å². The first-order valence-electron chi connectivity index (χ1n) is 10.7. The quantitative estimate of drug-likeness (QED) is 0.249. The zero-order chi connectivity index (χ0) is 25.1. The van der Waals surface area contributed by atoms with Gasteiger partial charge < -0.3 is 19.3 Å². The highest BCUT2D eigenvalue weighted by Gasteiger charge is 2.48. The molecule has 1 aliphatic heterocycles. The first kappa shape index (κ1) is 23.6. The number of aliphatic hydroxyl groups is 1. The third-order valence-electron chi connectivity index (χ3n) is 5.81. The summed E-state index contributed by atoms with van der Waals surface area (Å²) < 4.78 is 15.6. The molecule has 1 atom stereocenters. The maximum atomic E-state index is 13.3. The van der Waals surface area contributed by atoms with Crippen LogP contribution in [0.3, 0.4) is 0 Å². The summed E-state index contributed by atoms with van der Waals surface area (Å²) in [4.78, 5) is 39.8. The van der Waals surface area contributed by atoms with Crippen LogP contribution < -0.4 is 14.4 Å². The van der Waals surface area contributed by atoms with E-state index in [2.05, 4.69) is 0 Å². The van der Waals surface area contributed by atoms with Gasteiger partial charge in [-0.2, -0.15) is 0 Å². The Bertz CT molecular complexity index is 1330. The number of Topliss-reactive ketones (excluding diaryl/α,β-unsaturated/α-hetero) is 1. The van der Waals surface area contributed by atoms with Crippen LogP contribution in [0.1, 0.15) is 27.5 Å². The molecule has 0 bridgehead atoms. The maximum Gasteiger partial charge on any atom is 0.337 e. The Morgan fingerprint density at radius 2 is 1.43 bits per heavy atom. The fourth-order valence-corrected chi connectivity index (χ4v) is 4.15. The van der Waals surface area contributed by atoms with Crippen LogP contribution in [0, 0.1) is 0 Å². The summed E-state index contributed by atoms with van der Waals surface area (Å²) in [6.07, 6.45) is 0. The van der Waals surface area contributed by atoms with Gasteiger partial charge in [0.25, 0.3) is 11.7 Å². The molecule has 8 nitrogen and oxygen atoms in total. The largest absolute Gasteiger partial charge is 0.507 e. The molecule has 0 spiro atoms. The number of carbonyl (C=O) groups is 3. The van der Waals surface area contributed by atoms with Crippen molar-refractivity contribution in [3.05, 3.63) is 95.1 Å². The van der Waals surface area contributed by atoms with E-state index in [1.165, 1.54) is 38.4 Å². The number of anilines is 1. The van der Waals surface area contributed by atoms with Gasteiger partial charge >= 0.3 is 5.97 Å². The minimum Gasteiger partial charge on any atom is -0.507 e. The van der Waals surface area contributed by atoms with Crippen molar-refractivity contribution in [1.29, 1.82) is 0 Å². The smallest absolute Gasteiger partial charge is 0.337 e. The minimum absolute atomic E-state index is 0.110. The molecule has 0 aromatic heterocycles. The molecule has 0 saturated carbocycles. The lowest BCUT2D eigenvalue weighted by Gasteiger charge is -2.26. The second-order valence-corrected chi connectivity index (χ2v) is 7.65. The lowest BCUT2D eigenvalue weighted by Crippen LogP contribution is -2.29. The van der Waals surface area contributed by atoms with Crippen LogP contribution >= 0.6 is 0 Å². The molecule has 178 valence electrons. The predicted octanol–water partition coefficient (Wildman–Crippen LogP) is 4.12. The Labute approximate surface area is 202 Å². The van der Waals surface area contributed by atoms with E-state index in [0.717, 1.165) is 0 Å². The number of rotatable bonds is 6. The second kappa shape index (κ2) is 9.72. The van der Waals surface area contributed by atoms with Gasteiger partial charge in [-0.05, 0) is 42.5 Å². The van der Waals surface area contributed by atoms with E-state index < -0.39 is 23.7 Å². The first-order chi connectivity index (χ1) is 16.9. The van der Waals surface area contributed by atoms with Gasteiger partial charge in [-0.1, -0.05) is 30.3 Å². The third kappa shape index (κ3) is 4.10. The summed E-state index contributed by atoms with van der Waals surface area (Å²) in [5, 5.41) is 11.3. The molecule has 3 aromatic rings. The monoisotopic (exact) mass is 473 g/mol. The predicted molar refractivity (Wildman–Crippen MR) is 129 cm³/mol. The fourth-order valence-electron chi connectivity index (χ4n) is 4.15. The van der Waals surface area contributed by atoms with E-state index in [9.17, 15) is 19.5 Å². The van der Waals surface area contributed by atoms with Crippen LogP contribution in [0.25, 0.3) is 5.76 Å². The molecule has 8 heteroatoms. The Morgan fingerprint density at radius 3 is 2.06 bits per heavy atom. The Balaban J connectivity index is 1.96. The SMILES string of the molecule is COC(=O)c1ccc(N2C(=O)C(=O)/C(=C(/O)c3ccccc3OC)C2c2ccccc2OC)cc1. The van der Waals surface area contributed by atoms with E-state index in [1.54, 1.807) is 60.7 Å². The van der Waals surface area contributed by atoms with Crippen LogP contribution in [0.5, 0.6) is 11.5 Å². The number of carbonyl (C=O) groups excluding carboxylic acids is 3. The van der Waals surface area contributed by atoms with E-state index in [0.29, 0.717) is 22.7 Å². The number of hydrogen-bond donors (Lipinski definition) is 1. The second-order valence-electron chi connectivity index (χ2n) is 7.65. The molecule has 4 rings (SSSR count). The van der Waals surface area contributed by atoms with Crippen LogP contribution in [0.2, 0.25) is 0 Å². The van der Waals surface area contributed by atoms with Crippen molar-refractivity contribution in [3.8, 4) is 11.5 Å². The number of para-hydroxylation sites is 2. The van der Waals surface area contributed by atoms with Gasteiger partial charge in [0.05, 0.1) is 44.1 Å². The number of aliphatic hydroxyl groups excluding tert-OH is 1. The van der Waals surface area contributed by atoms with E-state index in [1.807, 2.05) is 0 Å². The minimum atomic E-state index is -1.000. The zero-order valence-corrected chi connectivity index (χ0v) is 19.3. The van der Waals surface area contributed by atoms with Gasteiger partial charge in [0.2, 0.25) is 0 Å². The molecule has 3 aromatic carbocycles. The topological polar surface area (TPSA) is 102 Å². The fraction of sp³-hybridized carbons (Fsp3) is 0.148. The number of methoxy groups -OCH3 is 3. The molecule has 1 heterocycles. The van der Waals surface area contributed by atoms with Crippen LogP contribution in [-0.2, 0) is 14.3 Å². The molecule has 1 saturated heterocycles. The van der Waals surface area contributed by atoms with Crippen LogP contribution in [0.15, 0.2) is 78.4 Å². The van der Waals surface area contributed by atoms with E-state index >= 15 is 0 Å². The average Bonchev–Trinajstić information content (AvgIpc) is 3.17. The van der Waals surface area contributed by atoms with Crippen molar-refractivity contribution in [2.45, 2.75) is 6.04 Å². The number of benzene rings is 3. The Hall–Kier alpha value is -4.59. The van der Waals surface area contributed by atoms with Crippen molar-refractivity contribution in [2.75, 3.05) is 26.2 Å². The number of amides is 1. The van der Waals surface area contributed by atoms with Crippen molar-refractivity contribution in [1.82, 2.24) is 0 Å². The van der Waals surface area contributed by atoms with E-state index in [-0.39, 0.29) is 22.5 Å². The first-order valence-corrected chi connectivity index (χ1v) is 10.7. The van der Waals surface area contributed by atoms with Crippen molar-refractivity contribution >= 4 is 29.1 Å². The summed E-state index contributed by atoms with van der Waals surface area (Å²) in [6, 6.07) is 18.7. The number of nitrogens with zero attached hydrogens (tertiary/aromatic N) is 1. The lowest BCUT2D eigenvalue weighted by atomic mass is 9.94. The summed E-state index contributed by atoms with van der Waals surface area (Å²) in [6.45, 7) is 0. The molecule has 1 aliphatic rings. The Morgan fingerprint density at radius 1 is 0.829 bits per heavy atom. The number of hydrogen-bond acceptors (Lipinski definition) is 7. The number of ether oxygens (including phenoxy) is 3. The van der Waals surface area contributed by atoms with Gasteiger partial charge in [-0.25, -0.2) is 4.79 Å². The van der Waals surface area contributed by atoms with Gasteiger partial charge in [0, 0.05) is 11.3 Å². The highest BCUT2D eigenvalue weighted by Crippen LogP contribution is 2.45. The lowest BCUT2D eigenvalue weighted by molar-refractivity contribution is -0.132. The van der Waals surface area contributed by atoms with Gasteiger partial charge in [0.1, 0.15) is 17.3 Å². The molecule has 0 aliphatic carbocycles. The normalized spacial score (nSPS) is 16.8. The zero-order valence-electron chi connectivity index (χ0n) is 19.3. The number of esters is 1. The molecule has 1 N–H and O–H groups in total. The van der Waals surface area contributed by atoms with E-state index in [4.69, 9.17) is 14.2 Å². The molecule has 1 unspecified atom stereocenters. The molecule has 1 amide bonds. The summed E-state index contributed by atoms with van der Waals surface area (Å²) in [7, 11) is 4.20. The van der Waals surface area contributed by atoms with Gasteiger partial charge in [-0.3, -0.25) is 14.5 Å². The average molecular weight is 473 g/mol. The van der Waals surface area contributed by atoms with Crippen LogP contribution in [0.4, 0.5) is 5.69 Å². The highest BCUT2D eigenvalue weighted by atomic mass is 16.5. The molecule has 0 radical (unpaired) electrons. The standard InChI is InChI=1S/C27H23NO7/c1-33-20-10-6-4-8-18(20)23-22(24(29)19-9-5-7-11-21(19)34-2)25(30)26(31)28(23)17-14-12-16(13-15-17)27(32)35-3/h4-15,23,29H,1-3H3/b24-22+. The summed E-state index contributed by atoms with van der Waals surface area (Å²) >= 11 is 0. The summed E-state index contributed by atoms with van der Waals surface area (Å²) in [5.41, 5.74) is 1.31. The summed E-state index contributed by atoms with van der Waals surface area (Å²) in [5.74, 6) is -1.81.